The minimum atomic E-state index is -3.86. The Hall–Kier alpha value is -1.49. The Balaban J connectivity index is 2.14. The molecule has 2 heterocycles. The predicted molar refractivity (Wildman–Crippen MR) is 78.0 cm³/mol. The molecule has 0 spiro atoms. The molecule has 0 saturated heterocycles. The Kier molecular flexibility index (Phi) is 4.61. The summed E-state index contributed by atoms with van der Waals surface area (Å²) in [5, 5.41) is 14.7. The number of nitrogens with zero attached hydrogens (tertiary/aromatic N) is 3. The van der Waals surface area contributed by atoms with Gasteiger partial charge in [-0.25, -0.2) is 13.1 Å². The molecule has 0 aromatic carbocycles. The highest BCUT2D eigenvalue weighted by Crippen LogP contribution is 2.36. The van der Waals surface area contributed by atoms with Crippen molar-refractivity contribution in [3.05, 3.63) is 39.0 Å². The molecule has 0 radical (unpaired) electrons. The molecular weight excluding hydrogens is 340 g/mol. The lowest BCUT2D eigenvalue weighted by atomic mass is 10.4. The lowest BCUT2D eigenvalue weighted by Crippen LogP contribution is -2.35. The van der Waals surface area contributed by atoms with Crippen LogP contribution >= 0.6 is 22.9 Å². The van der Waals surface area contributed by atoms with E-state index in [0.29, 0.717) is 17.9 Å². The van der Waals surface area contributed by atoms with Gasteiger partial charge < -0.3 is 0 Å². The summed E-state index contributed by atoms with van der Waals surface area (Å²) < 4.78 is 28.0. The molecule has 114 valence electrons. The van der Waals surface area contributed by atoms with Crippen molar-refractivity contribution in [2.75, 3.05) is 0 Å². The van der Waals surface area contributed by atoms with E-state index in [-0.39, 0.29) is 8.55 Å². The van der Waals surface area contributed by atoms with Crippen LogP contribution in [0.4, 0.5) is 5.69 Å². The number of nitro groups is 1. The SMILES string of the molecule is CC(Cn1cccn1)NS(=O)(=O)c1cc([N+](=O)[O-])c(Cl)s1. The lowest BCUT2D eigenvalue weighted by Gasteiger charge is -2.13. The third kappa shape index (κ3) is 3.79. The number of halogens is 1. The van der Waals surface area contributed by atoms with E-state index in [1.165, 1.54) is 0 Å². The minimum absolute atomic E-state index is 0.167. The number of thiophene rings is 1. The van der Waals surface area contributed by atoms with Gasteiger partial charge >= 0.3 is 0 Å². The summed E-state index contributed by atoms with van der Waals surface area (Å²) in [5.74, 6) is 0. The van der Waals surface area contributed by atoms with E-state index in [2.05, 4.69) is 9.82 Å². The van der Waals surface area contributed by atoms with Gasteiger partial charge in [0.05, 0.1) is 11.5 Å². The second-order valence-electron chi connectivity index (χ2n) is 4.23. The molecule has 1 N–H and O–H groups in total. The van der Waals surface area contributed by atoms with Crippen LogP contribution in [0.2, 0.25) is 4.34 Å². The van der Waals surface area contributed by atoms with E-state index in [4.69, 9.17) is 11.6 Å². The van der Waals surface area contributed by atoms with Gasteiger partial charge in [0.2, 0.25) is 0 Å². The monoisotopic (exact) mass is 350 g/mol. The van der Waals surface area contributed by atoms with Crippen molar-refractivity contribution in [3.8, 4) is 0 Å². The van der Waals surface area contributed by atoms with Crippen LogP contribution in [0, 0.1) is 10.1 Å². The molecule has 11 heteroatoms. The van der Waals surface area contributed by atoms with Gasteiger partial charge in [-0.1, -0.05) is 11.6 Å². The molecule has 1 unspecified atom stereocenters. The van der Waals surface area contributed by atoms with Crippen LogP contribution in [0.15, 0.2) is 28.7 Å². The smallest absolute Gasteiger partial charge is 0.271 e. The average Bonchev–Trinajstić information content (AvgIpc) is 2.97. The van der Waals surface area contributed by atoms with Gasteiger partial charge in [-0.15, -0.1) is 11.3 Å². The molecule has 0 saturated carbocycles. The highest BCUT2D eigenvalue weighted by Gasteiger charge is 2.26. The van der Waals surface area contributed by atoms with Gasteiger partial charge in [0, 0.05) is 24.5 Å². The first-order valence-electron chi connectivity index (χ1n) is 5.73. The first kappa shape index (κ1) is 15.9. The molecule has 2 aromatic rings. The molecule has 0 amide bonds. The number of hydrogen-bond donors (Lipinski definition) is 1. The molecule has 0 aliphatic carbocycles. The molecule has 21 heavy (non-hydrogen) atoms. The van der Waals surface area contributed by atoms with Crippen molar-refractivity contribution in [2.45, 2.75) is 23.7 Å². The van der Waals surface area contributed by atoms with E-state index in [1.54, 1.807) is 30.1 Å². The Bertz CT molecular complexity index is 741. The van der Waals surface area contributed by atoms with Crippen molar-refractivity contribution in [3.63, 3.8) is 0 Å². The molecule has 2 rings (SSSR count). The zero-order valence-electron chi connectivity index (χ0n) is 10.8. The van der Waals surface area contributed by atoms with E-state index < -0.39 is 26.7 Å². The fraction of sp³-hybridized carbons (Fsp3) is 0.300. The van der Waals surface area contributed by atoms with Gasteiger partial charge in [0.25, 0.3) is 15.7 Å². The topological polar surface area (TPSA) is 107 Å². The van der Waals surface area contributed by atoms with Crippen LogP contribution in [0.1, 0.15) is 6.92 Å². The molecule has 0 fully saturated rings. The van der Waals surface area contributed by atoms with E-state index >= 15 is 0 Å². The summed E-state index contributed by atoms with van der Waals surface area (Å²) in [4.78, 5) is 9.98. The van der Waals surface area contributed by atoms with Crippen LogP contribution < -0.4 is 4.72 Å². The summed E-state index contributed by atoms with van der Waals surface area (Å²) in [7, 11) is -3.86. The minimum Gasteiger partial charge on any atom is -0.271 e. The summed E-state index contributed by atoms with van der Waals surface area (Å²) in [6.45, 7) is 2.01. The highest BCUT2D eigenvalue weighted by atomic mass is 35.5. The average molecular weight is 351 g/mol. The number of hydrogen-bond acceptors (Lipinski definition) is 6. The van der Waals surface area contributed by atoms with Crippen molar-refractivity contribution < 1.29 is 13.3 Å². The fourth-order valence-electron chi connectivity index (χ4n) is 1.64. The van der Waals surface area contributed by atoms with E-state index in [9.17, 15) is 18.5 Å². The maximum Gasteiger partial charge on any atom is 0.300 e. The zero-order valence-corrected chi connectivity index (χ0v) is 13.2. The van der Waals surface area contributed by atoms with Gasteiger partial charge in [-0.2, -0.15) is 5.10 Å². The Morgan fingerprint density at radius 3 is 2.86 bits per heavy atom. The summed E-state index contributed by atoms with van der Waals surface area (Å²) in [6, 6.07) is 2.24. The normalized spacial score (nSPS) is 13.2. The third-order valence-corrected chi connectivity index (χ3v) is 5.89. The maximum atomic E-state index is 12.1. The van der Waals surface area contributed by atoms with E-state index in [1.807, 2.05) is 0 Å². The van der Waals surface area contributed by atoms with Crippen molar-refractivity contribution >= 4 is 38.6 Å². The van der Waals surface area contributed by atoms with Crippen LogP contribution in [0.3, 0.4) is 0 Å². The lowest BCUT2D eigenvalue weighted by molar-refractivity contribution is -0.384. The van der Waals surface area contributed by atoms with Crippen molar-refractivity contribution in [1.29, 1.82) is 0 Å². The zero-order chi connectivity index (χ0) is 15.6. The van der Waals surface area contributed by atoms with Crippen LogP contribution in [-0.4, -0.2) is 29.2 Å². The quantitative estimate of drug-likeness (QED) is 0.632. The molecule has 0 aliphatic rings. The van der Waals surface area contributed by atoms with Gasteiger partial charge in [0.1, 0.15) is 4.21 Å². The molecule has 2 aromatic heterocycles. The number of aromatic nitrogens is 2. The summed E-state index contributed by atoms with van der Waals surface area (Å²) in [5.41, 5.74) is -0.415. The standard InChI is InChI=1S/C10H11ClN4O4S2/c1-7(6-14-4-2-3-12-14)13-21(18,19)9-5-8(15(16)17)10(11)20-9/h2-5,7,13H,6H2,1H3. The molecule has 8 nitrogen and oxygen atoms in total. The first-order valence-corrected chi connectivity index (χ1v) is 8.41. The molecular formula is C10H11ClN4O4S2. The summed E-state index contributed by atoms with van der Waals surface area (Å²) in [6.07, 6.45) is 3.29. The summed E-state index contributed by atoms with van der Waals surface area (Å²) >= 11 is 6.32. The second-order valence-corrected chi connectivity index (χ2v) is 7.83. The third-order valence-electron chi connectivity index (χ3n) is 2.48. The van der Waals surface area contributed by atoms with Gasteiger partial charge in [-0.05, 0) is 13.0 Å². The van der Waals surface area contributed by atoms with Crippen LogP contribution in [-0.2, 0) is 16.6 Å². The second kappa shape index (κ2) is 6.10. The molecule has 1 atom stereocenters. The largest absolute Gasteiger partial charge is 0.300 e. The van der Waals surface area contributed by atoms with Crippen molar-refractivity contribution in [1.82, 2.24) is 14.5 Å². The van der Waals surface area contributed by atoms with Crippen LogP contribution in [0.5, 0.6) is 0 Å². The van der Waals surface area contributed by atoms with Gasteiger partial charge in [0.15, 0.2) is 4.34 Å². The number of rotatable bonds is 6. The first-order chi connectivity index (χ1) is 9.79. The fourth-order valence-corrected chi connectivity index (χ4v) is 4.56. The Morgan fingerprint density at radius 1 is 1.62 bits per heavy atom. The Morgan fingerprint density at radius 2 is 2.33 bits per heavy atom. The molecule has 0 bridgehead atoms. The van der Waals surface area contributed by atoms with Gasteiger partial charge in [-0.3, -0.25) is 14.8 Å². The maximum absolute atomic E-state index is 12.1. The van der Waals surface area contributed by atoms with Crippen LogP contribution in [0.25, 0.3) is 0 Å². The number of sulfonamides is 1. The molecule has 0 aliphatic heterocycles. The number of nitrogens with one attached hydrogen (secondary N) is 1. The Labute approximate surface area is 129 Å². The van der Waals surface area contributed by atoms with E-state index in [0.717, 1.165) is 6.07 Å². The predicted octanol–water partition coefficient (Wildman–Crippen LogP) is 1.87. The van der Waals surface area contributed by atoms with Crippen molar-refractivity contribution in [2.24, 2.45) is 0 Å². The highest BCUT2D eigenvalue weighted by molar-refractivity contribution is 7.91.